The van der Waals surface area contributed by atoms with Crippen LogP contribution in [0.5, 0.6) is 5.75 Å². The highest BCUT2D eigenvalue weighted by Gasteiger charge is 2.45. The topological polar surface area (TPSA) is 115 Å². The fourth-order valence-electron chi connectivity index (χ4n) is 7.80. The third-order valence-electron chi connectivity index (χ3n) is 10.5. The van der Waals surface area contributed by atoms with Gasteiger partial charge < -0.3 is 19.9 Å². The lowest BCUT2D eigenvalue weighted by atomic mass is 9.93. The van der Waals surface area contributed by atoms with E-state index >= 15 is 4.79 Å². The van der Waals surface area contributed by atoms with Crippen molar-refractivity contribution in [3.8, 4) is 5.75 Å². The molecule has 282 valence electrons. The first-order valence-corrected chi connectivity index (χ1v) is 20.8. The standard InChI is InChI=1S/C39H46Cl2N6O5S/c1-2-52-33-26-32(44-19-5-3-6-20-44)34(53(50,51)46-21-7-4-8-22-46)25-31(33)38-43-36(27-9-13-29(40)14-10-27)37(28-11-15-30(41)16-12-28)47(38)39(49)45-23-17-35(48)42-18-24-45/h9-16,25-26,36-37H,2-8,17-24H2,1H3,(H,42,48)/t36-,37+/m0/s1. The predicted octanol–water partition coefficient (Wildman–Crippen LogP) is 7.04. The van der Waals surface area contributed by atoms with Crippen LogP contribution >= 0.6 is 23.2 Å². The van der Waals surface area contributed by atoms with E-state index in [0.29, 0.717) is 65.7 Å². The zero-order valence-electron chi connectivity index (χ0n) is 30.0. The number of amides is 3. The number of nitrogens with one attached hydrogen (secondary N) is 1. The van der Waals surface area contributed by atoms with Crippen LogP contribution < -0.4 is 15.0 Å². The van der Waals surface area contributed by atoms with Gasteiger partial charge in [-0.1, -0.05) is 53.9 Å². The molecule has 4 heterocycles. The van der Waals surface area contributed by atoms with Gasteiger partial charge in [0.15, 0.2) is 0 Å². The summed E-state index contributed by atoms with van der Waals surface area (Å²) in [6.45, 7) is 5.40. The predicted molar refractivity (Wildman–Crippen MR) is 208 cm³/mol. The molecule has 3 amide bonds. The van der Waals surface area contributed by atoms with E-state index < -0.39 is 22.1 Å². The number of hydrogen-bond acceptors (Lipinski definition) is 7. The molecule has 0 aliphatic carbocycles. The van der Waals surface area contributed by atoms with Crippen molar-refractivity contribution in [1.82, 2.24) is 19.4 Å². The highest BCUT2D eigenvalue weighted by Crippen LogP contribution is 2.47. The fourth-order valence-corrected chi connectivity index (χ4v) is 9.79. The number of amidine groups is 1. The molecule has 3 saturated heterocycles. The fraction of sp³-hybridized carbons (Fsp3) is 0.462. The molecular weight excluding hydrogens is 735 g/mol. The summed E-state index contributed by atoms with van der Waals surface area (Å²) < 4.78 is 37.4. The van der Waals surface area contributed by atoms with Gasteiger partial charge in [0.1, 0.15) is 22.5 Å². The number of anilines is 1. The number of urea groups is 1. The van der Waals surface area contributed by atoms with E-state index in [-0.39, 0.29) is 29.8 Å². The van der Waals surface area contributed by atoms with Crippen molar-refractivity contribution in [3.05, 3.63) is 87.4 Å². The molecule has 3 aromatic carbocycles. The van der Waals surface area contributed by atoms with Gasteiger partial charge in [0.05, 0.1) is 23.9 Å². The zero-order chi connectivity index (χ0) is 37.1. The third kappa shape index (κ3) is 7.87. The van der Waals surface area contributed by atoms with Gasteiger partial charge >= 0.3 is 6.03 Å². The Hall–Kier alpha value is -3.84. The molecule has 14 heteroatoms. The largest absolute Gasteiger partial charge is 0.493 e. The van der Waals surface area contributed by atoms with E-state index in [2.05, 4.69) is 10.2 Å². The van der Waals surface area contributed by atoms with Gasteiger partial charge in [0.25, 0.3) is 0 Å². The van der Waals surface area contributed by atoms with Crippen LogP contribution in [0.4, 0.5) is 10.5 Å². The molecule has 0 unspecified atom stereocenters. The van der Waals surface area contributed by atoms with E-state index in [9.17, 15) is 13.2 Å². The number of piperidine rings is 2. The minimum Gasteiger partial charge on any atom is -0.493 e. The van der Waals surface area contributed by atoms with Crippen molar-refractivity contribution in [2.24, 2.45) is 4.99 Å². The van der Waals surface area contributed by atoms with Gasteiger partial charge in [0.2, 0.25) is 15.9 Å². The van der Waals surface area contributed by atoms with E-state index in [4.69, 9.17) is 32.9 Å². The summed E-state index contributed by atoms with van der Waals surface area (Å²) in [4.78, 5) is 38.4. The minimum absolute atomic E-state index is 0.122. The number of halogens is 2. The average molecular weight is 782 g/mol. The Morgan fingerprint density at radius 3 is 2.11 bits per heavy atom. The van der Waals surface area contributed by atoms with Crippen LogP contribution in [0.15, 0.2) is 70.6 Å². The molecule has 0 aromatic heterocycles. The van der Waals surface area contributed by atoms with Crippen LogP contribution in [0.3, 0.4) is 0 Å². The molecule has 4 aliphatic heterocycles. The Morgan fingerprint density at radius 1 is 0.849 bits per heavy atom. The van der Waals surface area contributed by atoms with Gasteiger partial charge in [-0.15, -0.1) is 0 Å². The number of carbonyl (C=O) groups is 2. The molecule has 11 nitrogen and oxygen atoms in total. The first kappa shape index (κ1) is 37.5. The summed E-state index contributed by atoms with van der Waals surface area (Å²) in [5, 5.41) is 3.98. The molecule has 4 aliphatic rings. The number of benzene rings is 3. The molecular formula is C39H46Cl2N6O5S. The number of aliphatic imine (C=N–C) groups is 1. The van der Waals surface area contributed by atoms with Crippen molar-refractivity contribution < 1.29 is 22.7 Å². The zero-order valence-corrected chi connectivity index (χ0v) is 32.3. The first-order valence-electron chi connectivity index (χ1n) is 18.7. The van der Waals surface area contributed by atoms with Crippen molar-refractivity contribution >= 4 is 56.7 Å². The quantitative estimate of drug-likeness (QED) is 0.262. The van der Waals surface area contributed by atoms with Gasteiger partial charge in [0, 0.05) is 68.3 Å². The van der Waals surface area contributed by atoms with E-state index in [1.54, 1.807) is 44.4 Å². The lowest BCUT2D eigenvalue weighted by molar-refractivity contribution is -0.120. The molecule has 0 spiro atoms. The molecule has 1 N–H and O–H groups in total. The van der Waals surface area contributed by atoms with Crippen LogP contribution in [0.1, 0.15) is 80.6 Å². The number of carbonyl (C=O) groups excluding carboxylic acids is 2. The maximum absolute atomic E-state index is 15.0. The summed E-state index contributed by atoms with van der Waals surface area (Å²) in [6.07, 6.45) is 5.76. The number of hydrogen-bond donors (Lipinski definition) is 1. The summed E-state index contributed by atoms with van der Waals surface area (Å²) in [5.41, 5.74) is 2.63. The average Bonchev–Trinajstić information content (AvgIpc) is 3.43. The van der Waals surface area contributed by atoms with Crippen LogP contribution in [0.2, 0.25) is 10.0 Å². The molecule has 53 heavy (non-hydrogen) atoms. The second-order valence-corrected chi connectivity index (χ2v) is 16.7. The first-order chi connectivity index (χ1) is 25.7. The number of rotatable bonds is 8. The van der Waals surface area contributed by atoms with Gasteiger partial charge in [-0.25, -0.2) is 13.2 Å². The monoisotopic (exact) mass is 780 g/mol. The van der Waals surface area contributed by atoms with Gasteiger partial charge in [-0.05, 0) is 80.5 Å². The molecule has 7 rings (SSSR count). The Morgan fingerprint density at radius 2 is 1.47 bits per heavy atom. The highest BCUT2D eigenvalue weighted by molar-refractivity contribution is 7.89. The highest BCUT2D eigenvalue weighted by atomic mass is 35.5. The Bertz CT molecular complexity index is 1950. The molecule has 3 aromatic rings. The van der Waals surface area contributed by atoms with Crippen LogP contribution in [-0.2, 0) is 14.8 Å². The molecule has 0 bridgehead atoms. The molecule has 0 radical (unpaired) electrons. The van der Waals surface area contributed by atoms with Crippen LogP contribution in [0.25, 0.3) is 0 Å². The van der Waals surface area contributed by atoms with Crippen molar-refractivity contribution in [3.63, 3.8) is 0 Å². The van der Waals surface area contributed by atoms with Crippen molar-refractivity contribution in [1.29, 1.82) is 0 Å². The van der Waals surface area contributed by atoms with E-state index in [1.807, 2.05) is 37.3 Å². The summed E-state index contributed by atoms with van der Waals surface area (Å²) >= 11 is 12.7. The van der Waals surface area contributed by atoms with Crippen LogP contribution in [0, 0.1) is 0 Å². The summed E-state index contributed by atoms with van der Waals surface area (Å²) in [5.74, 6) is 0.618. The Balaban J connectivity index is 1.46. The summed E-state index contributed by atoms with van der Waals surface area (Å²) in [7, 11) is -3.94. The van der Waals surface area contributed by atoms with E-state index in [0.717, 1.165) is 62.7 Å². The molecule has 2 atom stereocenters. The van der Waals surface area contributed by atoms with E-state index in [1.165, 1.54) is 0 Å². The summed E-state index contributed by atoms with van der Waals surface area (Å²) in [6, 6.07) is 16.7. The third-order valence-corrected chi connectivity index (χ3v) is 12.9. The number of nitrogens with zero attached hydrogens (tertiary/aromatic N) is 5. The van der Waals surface area contributed by atoms with Crippen molar-refractivity contribution in [2.75, 3.05) is 57.3 Å². The lowest BCUT2D eigenvalue weighted by Crippen LogP contribution is -2.47. The maximum atomic E-state index is 15.0. The Kier molecular flexibility index (Phi) is 11.5. The van der Waals surface area contributed by atoms with Gasteiger partial charge in [-0.2, -0.15) is 4.31 Å². The van der Waals surface area contributed by atoms with Crippen molar-refractivity contribution in [2.45, 2.75) is 68.8 Å². The second-order valence-electron chi connectivity index (χ2n) is 13.9. The smallest absolute Gasteiger partial charge is 0.326 e. The Labute approximate surface area is 321 Å². The normalized spacial score (nSPS) is 21.6. The van der Waals surface area contributed by atoms with Crippen LogP contribution in [-0.4, -0.2) is 92.7 Å². The molecule has 0 saturated carbocycles. The second kappa shape index (κ2) is 16.3. The number of sulfonamides is 1. The minimum atomic E-state index is -3.94. The molecule has 3 fully saturated rings. The number of ether oxygens (including phenoxy) is 1. The lowest BCUT2D eigenvalue weighted by Gasteiger charge is -2.35. The van der Waals surface area contributed by atoms with Gasteiger partial charge in [-0.3, -0.25) is 14.7 Å². The maximum Gasteiger partial charge on any atom is 0.326 e. The SMILES string of the molecule is CCOc1cc(N2CCCCC2)c(S(=O)(=O)N2CCCCC2)cc1C1=N[C@@H](c2ccc(Cl)cc2)[C@@H](c2ccc(Cl)cc2)N1C(=O)N1CCNC(=O)CC1.